The van der Waals surface area contributed by atoms with E-state index in [9.17, 15) is 23.1 Å². The molecular weight excluding hydrogens is 457 g/mol. The molecule has 1 atom stereocenters. The third-order valence-electron chi connectivity index (χ3n) is 4.33. The maximum Gasteiger partial charge on any atom is 0.419 e. The lowest BCUT2D eigenvalue weighted by Crippen LogP contribution is -2.42. The molecule has 0 saturated carbocycles. The molecule has 1 aromatic carbocycles. The number of hydrogen-bond donors (Lipinski definition) is 1. The van der Waals surface area contributed by atoms with Crippen LogP contribution in [0, 0.1) is 0 Å². The van der Waals surface area contributed by atoms with Crippen LogP contribution in [0.2, 0.25) is 0 Å². The number of rotatable bonds is 8. The minimum absolute atomic E-state index is 0.0851. The van der Waals surface area contributed by atoms with Gasteiger partial charge < -0.3 is 14.6 Å². The molecule has 0 bridgehead atoms. The zero-order chi connectivity index (χ0) is 21.8. The van der Waals surface area contributed by atoms with Crippen LogP contribution in [0.15, 0.2) is 40.7 Å². The van der Waals surface area contributed by atoms with Gasteiger partial charge in [0.15, 0.2) is 6.23 Å². The predicted octanol–water partition coefficient (Wildman–Crippen LogP) is 4.34. The third kappa shape index (κ3) is 5.12. The van der Waals surface area contributed by atoms with E-state index in [1.807, 2.05) is 6.92 Å². The lowest BCUT2D eigenvalue weighted by atomic mass is 10.0. The standard InChI is InChI=1S/C19H22BrF3N2O4/c1-4-9-25-16(20)15(19(21,22)23)17(24(25)2)29-10-12-7-5-6-8-13(12)14(11-28-3)18(26)27/h5-8,11,17H,4,9-10H2,1-3H3,(H,26,27)/b14-11+. The molecule has 1 N–H and O–H groups in total. The smallest absolute Gasteiger partial charge is 0.419 e. The molecule has 0 radical (unpaired) electrons. The van der Waals surface area contributed by atoms with Gasteiger partial charge in [0.1, 0.15) is 15.8 Å². The summed E-state index contributed by atoms with van der Waals surface area (Å²) in [5, 5.41) is 12.3. The van der Waals surface area contributed by atoms with Gasteiger partial charge in [0.2, 0.25) is 0 Å². The van der Waals surface area contributed by atoms with Crippen LogP contribution in [0.25, 0.3) is 5.57 Å². The number of aliphatic carboxylic acids is 1. The first kappa shape index (κ1) is 23.2. The fourth-order valence-electron chi connectivity index (χ4n) is 3.03. The van der Waals surface area contributed by atoms with Crippen LogP contribution in [-0.2, 0) is 20.9 Å². The van der Waals surface area contributed by atoms with Crippen molar-refractivity contribution in [2.24, 2.45) is 0 Å². The van der Waals surface area contributed by atoms with Crippen LogP contribution in [0.3, 0.4) is 0 Å². The molecule has 2 rings (SSSR count). The number of carboxylic acids is 1. The Morgan fingerprint density at radius 1 is 1.34 bits per heavy atom. The number of likely N-dealkylation sites (N-methyl/N-ethyl adjacent to an activating group) is 1. The highest BCUT2D eigenvalue weighted by molar-refractivity contribution is 9.11. The number of carbonyl (C=O) groups is 1. The van der Waals surface area contributed by atoms with Crippen molar-refractivity contribution in [2.45, 2.75) is 32.4 Å². The van der Waals surface area contributed by atoms with Crippen LogP contribution in [-0.4, -0.2) is 54.2 Å². The number of carboxylic acid groups (broad SMARTS) is 1. The van der Waals surface area contributed by atoms with Crippen molar-refractivity contribution in [1.29, 1.82) is 0 Å². The van der Waals surface area contributed by atoms with E-state index in [4.69, 9.17) is 9.47 Å². The third-order valence-corrected chi connectivity index (χ3v) is 5.16. The quantitative estimate of drug-likeness (QED) is 0.340. The number of hydrazine groups is 1. The summed E-state index contributed by atoms with van der Waals surface area (Å²) in [6.45, 7) is 2.02. The molecule has 1 aliphatic heterocycles. The van der Waals surface area contributed by atoms with Crippen LogP contribution in [0.4, 0.5) is 13.2 Å². The molecule has 0 saturated heterocycles. The highest BCUT2D eigenvalue weighted by atomic mass is 79.9. The van der Waals surface area contributed by atoms with E-state index in [1.165, 1.54) is 24.2 Å². The highest BCUT2D eigenvalue weighted by Gasteiger charge is 2.50. The van der Waals surface area contributed by atoms with Crippen molar-refractivity contribution in [3.63, 3.8) is 0 Å². The molecule has 1 heterocycles. The predicted molar refractivity (Wildman–Crippen MR) is 104 cm³/mol. The van der Waals surface area contributed by atoms with E-state index >= 15 is 0 Å². The average molecular weight is 479 g/mol. The molecular formula is C19H22BrF3N2O4. The normalized spacial score (nSPS) is 18.5. The molecule has 6 nitrogen and oxygen atoms in total. The second-order valence-corrected chi connectivity index (χ2v) is 7.04. The Morgan fingerprint density at radius 2 is 2.00 bits per heavy atom. The molecule has 10 heteroatoms. The zero-order valence-corrected chi connectivity index (χ0v) is 17.7. The summed E-state index contributed by atoms with van der Waals surface area (Å²) in [5.74, 6) is -1.22. The van der Waals surface area contributed by atoms with Gasteiger partial charge in [-0.15, -0.1) is 0 Å². The molecule has 0 amide bonds. The molecule has 0 fully saturated rings. The average Bonchev–Trinajstić information content (AvgIpc) is 2.89. The molecule has 160 valence electrons. The molecule has 0 spiro atoms. The fraction of sp³-hybridized carbons (Fsp3) is 0.421. The first-order valence-electron chi connectivity index (χ1n) is 8.76. The van der Waals surface area contributed by atoms with E-state index < -0.39 is 23.9 Å². The lowest BCUT2D eigenvalue weighted by Gasteiger charge is -2.31. The minimum atomic E-state index is -4.60. The SMILES string of the molecule is CCCN1C(Br)=C(C(F)(F)F)C(OCc2ccccc2/C(=C\OC)C(=O)O)N1C. The van der Waals surface area contributed by atoms with Crippen molar-refractivity contribution in [1.82, 2.24) is 10.0 Å². The number of ether oxygens (including phenoxy) is 2. The molecule has 0 aliphatic carbocycles. The van der Waals surface area contributed by atoms with Crippen molar-refractivity contribution in [3.05, 3.63) is 51.8 Å². The van der Waals surface area contributed by atoms with Gasteiger partial charge in [-0.1, -0.05) is 31.2 Å². The Bertz CT molecular complexity index is 811. The van der Waals surface area contributed by atoms with E-state index in [1.54, 1.807) is 24.3 Å². The van der Waals surface area contributed by atoms with Gasteiger partial charge in [-0.25, -0.2) is 4.79 Å². The van der Waals surface area contributed by atoms with Crippen molar-refractivity contribution >= 4 is 27.5 Å². The van der Waals surface area contributed by atoms with E-state index in [0.717, 1.165) is 6.26 Å². The van der Waals surface area contributed by atoms with Crippen molar-refractivity contribution in [2.75, 3.05) is 20.7 Å². The molecule has 1 aliphatic rings. The monoisotopic (exact) mass is 478 g/mol. The van der Waals surface area contributed by atoms with Crippen molar-refractivity contribution in [3.8, 4) is 0 Å². The van der Waals surface area contributed by atoms with Crippen LogP contribution >= 0.6 is 15.9 Å². The first-order chi connectivity index (χ1) is 13.6. The summed E-state index contributed by atoms with van der Waals surface area (Å²) in [6.07, 6.45) is -4.25. The summed E-state index contributed by atoms with van der Waals surface area (Å²) in [4.78, 5) is 11.5. The summed E-state index contributed by atoms with van der Waals surface area (Å²) in [6, 6.07) is 6.45. The van der Waals surface area contributed by atoms with Gasteiger partial charge in [0.25, 0.3) is 0 Å². The second-order valence-electron chi connectivity index (χ2n) is 6.29. The molecule has 0 aromatic heterocycles. The van der Waals surface area contributed by atoms with E-state index in [0.29, 0.717) is 24.1 Å². The maximum absolute atomic E-state index is 13.7. The first-order valence-corrected chi connectivity index (χ1v) is 9.56. The van der Waals surface area contributed by atoms with Gasteiger partial charge in [-0.2, -0.15) is 18.2 Å². The fourth-order valence-corrected chi connectivity index (χ4v) is 3.88. The van der Waals surface area contributed by atoms with Crippen LogP contribution in [0.5, 0.6) is 0 Å². The zero-order valence-electron chi connectivity index (χ0n) is 16.2. The Balaban J connectivity index is 2.34. The number of nitrogens with zero attached hydrogens (tertiary/aromatic N) is 2. The number of benzene rings is 1. The number of hydrogen-bond acceptors (Lipinski definition) is 5. The second kappa shape index (κ2) is 9.64. The minimum Gasteiger partial charge on any atom is -0.503 e. The molecule has 1 aromatic rings. The Kier molecular flexibility index (Phi) is 7.73. The Labute approximate surface area is 175 Å². The molecule has 1 unspecified atom stereocenters. The number of methoxy groups -OCH3 is 1. The topological polar surface area (TPSA) is 62.2 Å². The Hall–Kier alpha value is -2.04. The van der Waals surface area contributed by atoms with Crippen molar-refractivity contribution < 1.29 is 32.5 Å². The van der Waals surface area contributed by atoms with E-state index in [-0.39, 0.29) is 16.8 Å². The Morgan fingerprint density at radius 3 is 2.55 bits per heavy atom. The van der Waals surface area contributed by atoms with Gasteiger partial charge >= 0.3 is 12.1 Å². The highest BCUT2D eigenvalue weighted by Crippen LogP contribution is 2.42. The van der Waals surface area contributed by atoms with Crippen LogP contribution in [0.1, 0.15) is 24.5 Å². The largest absolute Gasteiger partial charge is 0.503 e. The number of alkyl halides is 3. The van der Waals surface area contributed by atoms with Gasteiger partial charge in [-0.05, 0) is 33.5 Å². The van der Waals surface area contributed by atoms with Gasteiger partial charge in [0.05, 0.1) is 20.0 Å². The maximum atomic E-state index is 13.7. The lowest BCUT2D eigenvalue weighted by molar-refractivity contribution is -0.145. The molecule has 29 heavy (non-hydrogen) atoms. The summed E-state index contributed by atoms with van der Waals surface area (Å²) in [5.41, 5.74) is -0.216. The van der Waals surface area contributed by atoms with Gasteiger partial charge in [-0.3, -0.25) is 5.01 Å². The van der Waals surface area contributed by atoms with E-state index in [2.05, 4.69) is 15.9 Å². The summed E-state index contributed by atoms with van der Waals surface area (Å²) < 4.78 is 51.4. The van der Waals surface area contributed by atoms with Crippen LogP contribution < -0.4 is 0 Å². The summed E-state index contributed by atoms with van der Waals surface area (Å²) >= 11 is 3.05. The number of halogens is 4. The van der Waals surface area contributed by atoms with Gasteiger partial charge in [0, 0.05) is 13.6 Å². The summed E-state index contributed by atoms with van der Waals surface area (Å²) in [7, 11) is 2.83.